The number of rotatable bonds is 5. The lowest BCUT2D eigenvalue weighted by atomic mass is 10.1. The number of carbonyl (C=O) groups excluding carboxylic acids is 1. The summed E-state index contributed by atoms with van der Waals surface area (Å²) in [6.45, 7) is 6.03. The highest BCUT2D eigenvalue weighted by molar-refractivity contribution is 7.08. The van der Waals surface area contributed by atoms with Crippen LogP contribution in [0.25, 0.3) is 11.4 Å². The normalized spacial score (nSPS) is 11.0. The minimum Gasteiger partial charge on any atom is -0.320 e. The lowest BCUT2D eigenvalue weighted by molar-refractivity contribution is 0.102. The first-order valence-corrected chi connectivity index (χ1v) is 8.51. The smallest absolute Gasteiger partial charge is 0.269 e. The molecule has 0 saturated carbocycles. The Hall–Kier alpha value is -2.61. The lowest BCUT2D eigenvalue weighted by Gasteiger charge is -2.08. The third-order valence-corrected chi connectivity index (χ3v) is 4.33. The Kier molecular flexibility index (Phi) is 4.66. The third kappa shape index (κ3) is 3.18. The predicted octanol–water partition coefficient (Wildman–Crippen LogP) is 3.26. The van der Waals surface area contributed by atoms with Crippen molar-refractivity contribution < 1.29 is 4.79 Å². The van der Waals surface area contributed by atoms with Crippen LogP contribution in [0.4, 0.5) is 5.69 Å². The molecule has 0 unspecified atom stereocenters. The summed E-state index contributed by atoms with van der Waals surface area (Å²) in [7, 11) is 0. The van der Waals surface area contributed by atoms with Crippen LogP contribution < -0.4 is 5.32 Å². The third-order valence-electron chi connectivity index (χ3n) is 3.56. The van der Waals surface area contributed by atoms with E-state index in [0.29, 0.717) is 28.5 Å². The van der Waals surface area contributed by atoms with Crippen molar-refractivity contribution in [2.24, 2.45) is 0 Å². The van der Waals surface area contributed by atoms with Gasteiger partial charge in [-0.3, -0.25) is 9.89 Å². The number of hydrogen-bond donors (Lipinski definition) is 2. The molecule has 3 rings (SSSR count). The predicted molar refractivity (Wildman–Crippen MR) is 93.1 cm³/mol. The topological polar surface area (TPSA) is 96.5 Å². The van der Waals surface area contributed by atoms with Crippen molar-refractivity contribution in [1.29, 1.82) is 0 Å². The second kappa shape index (κ2) is 6.88. The Balaban J connectivity index is 1.90. The zero-order valence-electron chi connectivity index (χ0n) is 13.7. The molecule has 0 aliphatic carbocycles. The molecule has 2 aromatic heterocycles. The minimum atomic E-state index is -0.214. The van der Waals surface area contributed by atoms with Crippen molar-refractivity contribution in [2.75, 3.05) is 5.32 Å². The molecular formula is C16H18N6OS. The van der Waals surface area contributed by atoms with Gasteiger partial charge in [-0.25, -0.2) is 4.98 Å². The summed E-state index contributed by atoms with van der Waals surface area (Å²) in [5, 5.41) is 14.1. The molecule has 0 bridgehead atoms. The molecule has 8 heteroatoms. The summed E-state index contributed by atoms with van der Waals surface area (Å²) in [5.74, 6) is 1.41. The Bertz CT molecular complexity index is 854. The number of H-pyrrole nitrogens is 1. The fraction of sp³-hybridized carbons (Fsp3) is 0.312. The van der Waals surface area contributed by atoms with Gasteiger partial charge in [0.2, 0.25) is 0 Å². The van der Waals surface area contributed by atoms with Crippen LogP contribution in [0.1, 0.15) is 47.9 Å². The van der Waals surface area contributed by atoms with E-state index in [4.69, 9.17) is 0 Å². The average molecular weight is 342 g/mol. The standard InChI is InChI=1S/C16H18N6OS/c1-4-11-13(24-22-19-11)16(23)17-12-8-6-5-7-10(12)15-18-14(9(2)3)20-21-15/h5-9H,4H2,1-3H3,(H,17,23)(H,18,20,21). The lowest BCUT2D eigenvalue weighted by Crippen LogP contribution is -2.13. The van der Waals surface area contributed by atoms with Crippen molar-refractivity contribution in [1.82, 2.24) is 24.8 Å². The molecule has 2 N–H and O–H groups in total. The number of carbonyl (C=O) groups is 1. The van der Waals surface area contributed by atoms with E-state index in [1.54, 1.807) is 0 Å². The van der Waals surface area contributed by atoms with Crippen LogP contribution in [0.15, 0.2) is 24.3 Å². The molecule has 0 aliphatic heterocycles. The molecule has 0 radical (unpaired) electrons. The highest BCUT2D eigenvalue weighted by Gasteiger charge is 2.18. The van der Waals surface area contributed by atoms with Crippen LogP contribution in [0.2, 0.25) is 0 Å². The number of para-hydroxylation sites is 1. The molecule has 24 heavy (non-hydrogen) atoms. The van der Waals surface area contributed by atoms with Crippen LogP contribution in [-0.2, 0) is 6.42 Å². The van der Waals surface area contributed by atoms with Gasteiger partial charge in [0.15, 0.2) is 5.82 Å². The van der Waals surface area contributed by atoms with Crippen LogP contribution in [0.5, 0.6) is 0 Å². The van der Waals surface area contributed by atoms with Crippen LogP contribution in [0, 0.1) is 0 Å². The van der Waals surface area contributed by atoms with Crippen molar-refractivity contribution in [3.05, 3.63) is 40.7 Å². The number of benzene rings is 1. The Labute approximate surface area is 143 Å². The van der Waals surface area contributed by atoms with E-state index in [0.717, 1.165) is 22.9 Å². The number of nitrogens with one attached hydrogen (secondary N) is 2. The zero-order chi connectivity index (χ0) is 17.1. The number of aryl methyl sites for hydroxylation is 1. The van der Waals surface area contributed by atoms with Gasteiger partial charge in [-0.05, 0) is 30.1 Å². The van der Waals surface area contributed by atoms with Crippen LogP contribution in [0.3, 0.4) is 0 Å². The maximum atomic E-state index is 12.5. The van der Waals surface area contributed by atoms with Crippen molar-refractivity contribution in [3.63, 3.8) is 0 Å². The highest BCUT2D eigenvalue weighted by Crippen LogP contribution is 2.27. The number of hydrogen-bond acceptors (Lipinski definition) is 6. The Morgan fingerprint density at radius 3 is 2.83 bits per heavy atom. The highest BCUT2D eigenvalue weighted by atomic mass is 32.1. The first-order chi connectivity index (χ1) is 11.6. The molecule has 0 atom stereocenters. The van der Waals surface area contributed by atoms with Gasteiger partial charge >= 0.3 is 0 Å². The Morgan fingerprint density at radius 2 is 2.12 bits per heavy atom. The van der Waals surface area contributed by atoms with Gasteiger partial charge in [-0.15, -0.1) is 5.10 Å². The number of nitrogens with zero attached hydrogens (tertiary/aromatic N) is 4. The van der Waals surface area contributed by atoms with Crippen molar-refractivity contribution in [2.45, 2.75) is 33.1 Å². The van der Waals surface area contributed by atoms with Crippen molar-refractivity contribution >= 4 is 23.1 Å². The van der Waals surface area contributed by atoms with E-state index in [9.17, 15) is 4.79 Å². The van der Waals surface area contributed by atoms with E-state index in [2.05, 4.69) is 30.1 Å². The van der Waals surface area contributed by atoms with Gasteiger partial charge in [0.1, 0.15) is 10.7 Å². The second-order valence-corrected chi connectivity index (χ2v) is 6.36. The molecule has 2 heterocycles. The summed E-state index contributed by atoms with van der Waals surface area (Å²) in [6.07, 6.45) is 0.666. The molecule has 1 amide bonds. The zero-order valence-corrected chi connectivity index (χ0v) is 14.5. The molecule has 0 aliphatic rings. The first-order valence-electron chi connectivity index (χ1n) is 7.74. The second-order valence-electron chi connectivity index (χ2n) is 5.60. The molecule has 124 valence electrons. The molecule has 0 spiro atoms. The molecule has 7 nitrogen and oxygen atoms in total. The molecule has 0 saturated heterocycles. The van der Waals surface area contributed by atoms with Gasteiger partial charge in [0.05, 0.1) is 11.4 Å². The van der Waals surface area contributed by atoms with Gasteiger partial charge in [0, 0.05) is 11.5 Å². The number of anilines is 1. The summed E-state index contributed by atoms with van der Waals surface area (Å²) < 4.78 is 3.86. The molecule has 1 aromatic carbocycles. The van der Waals surface area contributed by atoms with Crippen LogP contribution >= 0.6 is 11.5 Å². The van der Waals surface area contributed by atoms with Gasteiger partial charge in [0.25, 0.3) is 5.91 Å². The fourth-order valence-electron chi connectivity index (χ4n) is 2.23. The van der Waals surface area contributed by atoms with Gasteiger partial charge in [-0.1, -0.05) is 37.4 Å². The van der Waals surface area contributed by atoms with Gasteiger partial charge in [-0.2, -0.15) is 5.10 Å². The van der Waals surface area contributed by atoms with E-state index in [1.165, 1.54) is 0 Å². The molecular weight excluding hydrogens is 324 g/mol. The maximum Gasteiger partial charge on any atom is 0.269 e. The minimum absolute atomic E-state index is 0.214. The van der Waals surface area contributed by atoms with E-state index in [1.807, 2.05) is 45.0 Å². The summed E-state index contributed by atoms with van der Waals surface area (Å²) in [4.78, 5) is 17.6. The average Bonchev–Trinajstić information content (AvgIpc) is 3.24. The van der Waals surface area contributed by atoms with Crippen LogP contribution in [-0.4, -0.2) is 30.7 Å². The molecule has 3 aromatic rings. The van der Waals surface area contributed by atoms with Gasteiger partial charge < -0.3 is 5.32 Å². The summed E-state index contributed by atoms with van der Waals surface area (Å²) >= 11 is 1.10. The number of aromatic nitrogens is 5. The van der Waals surface area contributed by atoms with Crippen molar-refractivity contribution in [3.8, 4) is 11.4 Å². The first kappa shape index (κ1) is 16.3. The van der Waals surface area contributed by atoms with E-state index in [-0.39, 0.29) is 11.8 Å². The summed E-state index contributed by atoms with van der Waals surface area (Å²) in [5.41, 5.74) is 2.13. The SMILES string of the molecule is CCc1nnsc1C(=O)Nc1ccccc1-c1n[nH]c(C(C)C)n1. The quantitative estimate of drug-likeness (QED) is 0.742. The largest absolute Gasteiger partial charge is 0.320 e. The van der Waals surface area contributed by atoms with E-state index < -0.39 is 0 Å². The summed E-state index contributed by atoms with van der Waals surface area (Å²) in [6, 6.07) is 7.47. The maximum absolute atomic E-state index is 12.5. The molecule has 0 fully saturated rings. The Morgan fingerprint density at radius 1 is 1.33 bits per heavy atom. The number of aromatic amines is 1. The number of amides is 1. The fourth-order valence-corrected chi connectivity index (χ4v) is 2.88. The monoisotopic (exact) mass is 342 g/mol. The van der Waals surface area contributed by atoms with E-state index >= 15 is 0 Å².